The van der Waals surface area contributed by atoms with Gasteiger partial charge in [-0.2, -0.15) is 11.8 Å². The lowest BCUT2D eigenvalue weighted by Gasteiger charge is -2.30. The van der Waals surface area contributed by atoms with Crippen LogP contribution < -0.4 is 10.6 Å². The molecular weight excluding hydrogens is 282 g/mol. The van der Waals surface area contributed by atoms with Crippen LogP contribution in [0.5, 0.6) is 0 Å². The number of carbonyl (C=O) groups excluding carboxylic acids is 1. The summed E-state index contributed by atoms with van der Waals surface area (Å²) in [5.41, 5.74) is 0. The van der Waals surface area contributed by atoms with Crippen LogP contribution in [0.25, 0.3) is 0 Å². The summed E-state index contributed by atoms with van der Waals surface area (Å²) in [7, 11) is 0. The highest BCUT2D eigenvalue weighted by Gasteiger charge is 2.17. The smallest absolute Gasteiger partial charge is 0.221 e. The Balaban J connectivity index is 1.46. The van der Waals surface area contributed by atoms with Crippen molar-refractivity contribution in [1.29, 1.82) is 0 Å². The van der Waals surface area contributed by atoms with Gasteiger partial charge in [-0.05, 0) is 44.7 Å². The molecule has 0 aromatic carbocycles. The van der Waals surface area contributed by atoms with Gasteiger partial charge in [-0.15, -0.1) is 0 Å². The topological polar surface area (TPSA) is 44.4 Å². The Morgan fingerprint density at radius 2 is 2.33 bits per heavy atom. The number of nitrogens with one attached hydrogen (secondary N) is 2. The molecule has 0 radical (unpaired) electrons. The zero-order chi connectivity index (χ0) is 14.9. The molecule has 2 rings (SSSR count). The number of nitrogens with zero attached hydrogens (tertiary/aromatic N) is 1. The normalized spacial score (nSPS) is 27.5. The van der Waals surface area contributed by atoms with Crippen LogP contribution in [-0.2, 0) is 4.79 Å². The summed E-state index contributed by atoms with van der Waals surface area (Å²) in [4.78, 5) is 14.4. The fourth-order valence-electron chi connectivity index (χ4n) is 3.22. The maximum atomic E-state index is 11.8. The molecule has 1 amide bonds. The fraction of sp³-hybridized carbons (Fsp3) is 0.938. The van der Waals surface area contributed by atoms with Crippen molar-refractivity contribution in [2.45, 2.75) is 45.1 Å². The zero-order valence-electron chi connectivity index (χ0n) is 13.4. The quantitative estimate of drug-likeness (QED) is 0.702. The van der Waals surface area contributed by atoms with Crippen LogP contribution >= 0.6 is 11.8 Å². The van der Waals surface area contributed by atoms with Crippen LogP contribution in [0.1, 0.15) is 39.0 Å². The first-order valence-corrected chi connectivity index (χ1v) is 9.69. The van der Waals surface area contributed by atoms with Gasteiger partial charge >= 0.3 is 0 Å². The molecule has 122 valence electrons. The lowest BCUT2D eigenvalue weighted by atomic mass is 10.0. The van der Waals surface area contributed by atoms with E-state index >= 15 is 0 Å². The van der Waals surface area contributed by atoms with Crippen LogP contribution in [0.15, 0.2) is 0 Å². The van der Waals surface area contributed by atoms with E-state index in [-0.39, 0.29) is 5.91 Å². The number of likely N-dealkylation sites (tertiary alicyclic amines) is 1. The highest BCUT2D eigenvalue weighted by atomic mass is 32.2. The second-order valence-corrected chi connectivity index (χ2v) is 7.68. The van der Waals surface area contributed by atoms with Crippen LogP contribution in [0.4, 0.5) is 0 Å². The lowest BCUT2D eigenvalue weighted by molar-refractivity contribution is -0.121. The van der Waals surface area contributed by atoms with Gasteiger partial charge in [0, 0.05) is 43.6 Å². The molecule has 2 aliphatic rings. The maximum absolute atomic E-state index is 11.8. The minimum atomic E-state index is 0.210. The van der Waals surface area contributed by atoms with Crippen molar-refractivity contribution < 1.29 is 4.79 Å². The minimum absolute atomic E-state index is 0.210. The van der Waals surface area contributed by atoms with Gasteiger partial charge in [0.15, 0.2) is 0 Å². The van der Waals surface area contributed by atoms with Gasteiger partial charge in [0.1, 0.15) is 0 Å². The number of unbranched alkanes of at least 4 members (excludes halogenated alkanes) is 1. The Morgan fingerprint density at radius 3 is 3.10 bits per heavy atom. The third-order valence-corrected chi connectivity index (χ3v) is 5.53. The predicted molar refractivity (Wildman–Crippen MR) is 90.8 cm³/mol. The van der Waals surface area contributed by atoms with E-state index in [9.17, 15) is 4.79 Å². The largest absolute Gasteiger partial charge is 0.356 e. The summed E-state index contributed by atoms with van der Waals surface area (Å²) < 4.78 is 0. The molecule has 21 heavy (non-hydrogen) atoms. The molecule has 2 atom stereocenters. The van der Waals surface area contributed by atoms with Gasteiger partial charge in [0.05, 0.1) is 0 Å². The summed E-state index contributed by atoms with van der Waals surface area (Å²) in [6, 6.07) is 0.374. The summed E-state index contributed by atoms with van der Waals surface area (Å²) in [6.07, 6.45) is 5.68. The average molecular weight is 314 g/mol. The molecule has 0 spiro atoms. The first kappa shape index (κ1) is 17.1. The number of hydrogen-bond acceptors (Lipinski definition) is 4. The molecule has 0 bridgehead atoms. The molecule has 0 saturated carbocycles. The molecule has 2 N–H and O–H groups in total. The molecule has 2 unspecified atom stereocenters. The van der Waals surface area contributed by atoms with Crippen molar-refractivity contribution in [2.24, 2.45) is 5.92 Å². The highest BCUT2D eigenvalue weighted by Crippen LogP contribution is 2.15. The second-order valence-electron chi connectivity index (χ2n) is 6.54. The molecular formula is C16H31N3OS. The second kappa shape index (κ2) is 9.70. The van der Waals surface area contributed by atoms with Crippen molar-refractivity contribution in [3.05, 3.63) is 0 Å². The van der Waals surface area contributed by atoms with E-state index in [1.54, 1.807) is 0 Å². The van der Waals surface area contributed by atoms with Crippen molar-refractivity contribution in [2.75, 3.05) is 44.2 Å². The molecule has 2 saturated heterocycles. The van der Waals surface area contributed by atoms with Crippen LogP contribution in [0.3, 0.4) is 0 Å². The summed E-state index contributed by atoms with van der Waals surface area (Å²) in [5, 5.41) is 6.48. The number of carbonyl (C=O) groups is 1. The van der Waals surface area contributed by atoms with E-state index in [0.29, 0.717) is 12.5 Å². The van der Waals surface area contributed by atoms with E-state index in [1.807, 2.05) is 11.8 Å². The Kier molecular flexibility index (Phi) is 7.89. The number of rotatable bonds is 7. The summed E-state index contributed by atoms with van der Waals surface area (Å²) in [6.45, 7) is 7.95. The van der Waals surface area contributed by atoms with Crippen molar-refractivity contribution >= 4 is 17.7 Å². The highest BCUT2D eigenvalue weighted by molar-refractivity contribution is 7.99. The van der Waals surface area contributed by atoms with Crippen LogP contribution in [0, 0.1) is 5.92 Å². The minimum Gasteiger partial charge on any atom is -0.356 e. The van der Waals surface area contributed by atoms with E-state index in [2.05, 4.69) is 22.5 Å². The molecule has 0 aliphatic carbocycles. The Labute approximate surface area is 133 Å². The van der Waals surface area contributed by atoms with Gasteiger partial charge < -0.3 is 15.5 Å². The summed E-state index contributed by atoms with van der Waals surface area (Å²) >= 11 is 1.94. The maximum Gasteiger partial charge on any atom is 0.221 e. The van der Waals surface area contributed by atoms with Crippen molar-refractivity contribution in [3.63, 3.8) is 0 Å². The molecule has 4 nitrogen and oxygen atoms in total. The zero-order valence-corrected chi connectivity index (χ0v) is 14.2. The number of amides is 1. The van der Waals surface area contributed by atoms with Gasteiger partial charge in [-0.1, -0.05) is 6.92 Å². The fourth-order valence-corrected chi connectivity index (χ4v) is 4.17. The number of hydrogen-bond donors (Lipinski definition) is 2. The van der Waals surface area contributed by atoms with E-state index in [4.69, 9.17) is 0 Å². The van der Waals surface area contributed by atoms with E-state index < -0.39 is 0 Å². The monoisotopic (exact) mass is 313 g/mol. The Bertz CT molecular complexity index is 308. The number of thioether (sulfide) groups is 1. The molecule has 5 heteroatoms. The average Bonchev–Trinajstić information content (AvgIpc) is 2.48. The van der Waals surface area contributed by atoms with Gasteiger partial charge in [0.2, 0.25) is 5.91 Å². The molecule has 0 aromatic rings. The van der Waals surface area contributed by atoms with Crippen LogP contribution in [0.2, 0.25) is 0 Å². The molecule has 2 aliphatic heterocycles. The van der Waals surface area contributed by atoms with E-state index in [0.717, 1.165) is 31.2 Å². The van der Waals surface area contributed by atoms with Crippen molar-refractivity contribution in [3.8, 4) is 0 Å². The van der Waals surface area contributed by atoms with Gasteiger partial charge in [-0.3, -0.25) is 4.79 Å². The lowest BCUT2D eigenvalue weighted by Crippen LogP contribution is -2.41. The first-order valence-electron chi connectivity index (χ1n) is 8.54. The third-order valence-electron chi connectivity index (χ3n) is 4.39. The van der Waals surface area contributed by atoms with Crippen molar-refractivity contribution in [1.82, 2.24) is 15.5 Å². The van der Waals surface area contributed by atoms with Crippen LogP contribution in [-0.4, -0.2) is 61.1 Å². The van der Waals surface area contributed by atoms with Gasteiger partial charge in [0.25, 0.3) is 0 Å². The third kappa shape index (κ3) is 7.02. The summed E-state index contributed by atoms with van der Waals surface area (Å²) in [5.74, 6) is 3.31. The van der Waals surface area contributed by atoms with E-state index in [1.165, 1.54) is 44.6 Å². The Hall–Kier alpha value is -0.260. The predicted octanol–water partition coefficient (Wildman–Crippen LogP) is 1.71. The molecule has 2 fully saturated rings. The van der Waals surface area contributed by atoms with Gasteiger partial charge in [-0.25, -0.2) is 0 Å². The molecule has 2 heterocycles. The SMILES string of the molecule is CC1CCCN(CCCCNC(=O)CC2CSCCN2)C1. The standard InChI is InChI=1S/C16H31N3OS/c1-14-5-4-9-19(12-14)8-3-2-6-18-16(20)11-15-13-21-10-7-17-15/h14-15,17H,2-13H2,1H3,(H,18,20). The first-order chi connectivity index (χ1) is 10.2. The Morgan fingerprint density at radius 1 is 1.43 bits per heavy atom. The molecule has 0 aromatic heterocycles. The number of piperidine rings is 1.